The molecule has 1 amide bonds. The van der Waals surface area contributed by atoms with Crippen LogP contribution in [0.1, 0.15) is 32.1 Å². The minimum Gasteiger partial charge on any atom is -0.326 e. The number of nitrogens with zero attached hydrogens (tertiary/aromatic N) is 2. The molecular weight excluding hydrogens is 152 g/mol. The third-order valence-electron chi connectivity index (χ3n) is 2.68. The molecule has 1 unspecified atom stereocenters. The summed E-state index contributed by atoms with van der Waals surface area (Å²) in [5.41, 5.74) is 0. The summed E-state index contributed by atoms with van der Waals surface area (Å²) >= 11 is 0. The molecule has 1 atom stereocenters. The van der Waals surface area contributed by atoms with E-state index in [0.717, 1.165) is 32.4 Å². The Kier molecular flexibility index (Phi) is 2.30. The molecule has 0 aliphatic carbocycles. The van der Waals surface area contributed by atoms with Gasteiger partial charge in [-0.2, -0.15) is 0 Å². The molecule has 2 rings (SSSR count). The number of carbonyl (C=O) groups is 1. The second kappa shape index (κ2) is 3.44. The van der Waals surface area contributed by atoms with Gasteiger partial charge in [0.05, 0.1) is 6.17 Å². The highest BCUT2D eigenvalue weighted by atomic mass is 16.2. The zero-order valence-corrected chi connectivity index (χ0v) is 7.33. The molecule has 2 saturated heterocycles. The van der Waals surface area contributed by atoms with E-state index in [2.05, 4.69) is 5.32 Å². The van der Waals surface area contributed by atoms with Gasteiger partial charge in [0.1, 0.15) is 0 Å². The number of carbonyl (C=O) groups excluding carboxylic acids is 1. The van der Waals surface area contributed by atoms with Crippen LogP contribution in [0, 0.1) is 0 Å². The van der Waals surface area contributed by atoms with E-state index in [1.807, 2.05) is 4.90 Å². The normalized spacial score (nSPS) is 31.2. The fourth-order valence-electron chi connectivity index (χ4n) is 2.01. The summed E-state index contributed by atoms with van der Waals surface area (Å²) in [6.07, 6.45) is 5.53. The lowest BCUT2D eigenvalue weighted by atomic mass is 10.1. The van der Waals surface area contributed by atoms with Crippen molar-refractivity contribution in [1.29, 1.82) is 0 Å². The van der Waals surface area contributed by atoms with Crippen LogP contribution in [0.5, 0.6) is 0 Å². The molecule has 2 aliphatic rings. The molecule has 0 spiro atoms. The van der Waals surface area contributed by atoms with E-state index in [9.17, 15) is 4.79 Å². The summed E-state index contributed by atoms with van der Waals surface area (Å²) in [6.45, 7) is 1.89. The van der Waals surface area contributed by atoms with Crippen molar-refractivity contribution in [1.82, 2.24) is 10.2 Å². The summed E-state index contributed by atoms with van der Waals surface area (Å²) in [7, 11) is 0. The van der Waals surface area contributed by atoms with Crippen LogP contribution in [0.4, 0.5) is 0 Å². The van der Waals surface area contributed by atoms with Crippen molar-refractivity contribution in [2.24, 2.45) is 0 Å². The van der Waals surface area contributed by atoms with Gasteiger partial charge in [-0.3, -0.25) is 4.79 Å². The molecule has 2 heterocycles. The second-order valence-electron chi connectivity index (χ2n) is 3.57. The van der Waals surface area contributed by atoms with Gasteiger partial charge in [-0.1, -0.05) is 0 Å². The number of likely N-dealkylation sites (tertiary alicyclic amines) is 1. The number of rotatable bonds is 1. The number of hydrogen-bond acceptors (Lipinski definition) is 1. The monoisotopic (exact) mass is 167 g/mol. The molecular formula is C9H15N2O. The van der Waals surface area contributed by atoms with Gasteiger partial charge in [-0.25, -0.2) is 5.32 Å². The van der Waals surface area contributed by atoms with Gasteiger partial charge < -0.3 is 4.90 Å². The smallest absolute Gasteiger partial charge is 0.223 e. The first kappa shape index (κ1) is 8.05. The Labute approximate surface area is 73.1 Å². The fraction of sp³-hybridized carbons (Fsp3) is 0.889. The lowest BCUT2D eigenvalue weighted by molar-refractivity contribution is -0.130. The van der Waals surface area contributed by atoms with Crippen LogP contribution < -0.4 is 5.32 Å². The van der Waals surface area contributed by atoms with Gasteiger partial charge in [0.25, 0.3) is 0 Å². The topological polar surface area (TPSA) is 34.4 Å². The number of amides is 1. The van der Waals surface area contributed by atoms with Crippen molar-refractivity contribution < 1.29 is 4.79 Å². The highest BCUT2D eigenvalue weighted by Gasteiger charge is 2.28. The van der Waals surface area contributed by atoms with Gasteiger partial charge in [-0.05, 0) is 25.7 Å². The first-order valence-corrected chi connectivity index (χ1v) is 4.84. The fourth-order valence-corrected chi connectivity index (χ4v) is 2.01. The Morgan fingerprint density at radius 3 is 2.83 bits per heavy atom. The SMILES string of the molecule is O=C1CCCN1C1CCCC[N]1. The highest BCUT2D eigenvalue weighted by molar-refractivity contribution is 5.78. The van der Waals surface area contributed by atoms with Crippen molar-refractivity contribution in [3.05, 3.63) is 0 Å². The predicted molar refractivity (Wildman–Crippen MR) is 45.6 cm³/mol. The lowest BCUT2D eigenvalue weighted by Gasteiger charge is -2.30. The van der Waals surface area contributed by atoms with Crippen LogP contribution >= 0.6 is 0 Å². The molecule has 0 aromatic rings. The average Bonchev–Trinajstić information content (AvgIpc) is 2.53. The minimum absolute atomic E-state index is 0.230. The molecule has 0 bridgehead atoms. The molecule has 1 radical (unpaired) electrons. The van der Waals surface area contributed by atoms with Gasteiger partial charge in [0.2, 0.25) is 5.91 Å². The molecule has 0 saturated carbocycles. The predicted octanol–water partition coefficient (Wildman–Crippen LogP) is 0.723. The third kappa shape index (κ3) is 1.46. The van der Waals surface area contributed by atoms with Crippen molar-refractivity contribution in [3.63, 3.8) is 0 Å². The van der Waals surface area contributed by atoms with Crippen molar-refractivity contribution >= 4 is 5.91 Å². The van der Waals surface area contributed by atoms with E-state index in [1.165, 1.54) is 12.8 Å². The molecule has 2 fully saturated rings. The van der Waals surface area contributed by atoms with E-state index in [1.54, 1.807) is 0 Å². The van der Waals surface area contributed by atoms with E-state index >= 15 is 0 Å². The second-order valence-corrected chi connectivity index (χ2v) is 3.57. The molecule has 3 heteroatoms. The Morgan fingerprint density at radius 1 is 1.33 bits per heavy atom. The van der Waals surface area contributed by atoms with Crippen molar-refractivity contribution in [2.45, 2.75) is 38.3 Å². The standard InChI is InChI=1S/C9H15N2O/c12-9-5-3-7-11(9)8-4-1-2-6-10-8/h8H,1-7H2. The maximum Gasteiger partial charge on any atom is 0.223 e. The molecule has 3 nitrogen and oxygen atoms in total. The van der Waals surface area contributed by atoms with Gasteiger partial charge >= 0.3 is 0 Å². The van der Waals surface area contributed by atoms with E-state index in [-0.39, 0.29) is 6.17 Å². The van der Waals surface area contributed by atoms with Crippen LogP contribution in [-0.2, 0) is 4.79 Å². The van der Waals surface area contributed by atoms with Gasteiger partial charge in [-0.15, -0.1) is 0 Å². The molecule has 67 valence electrons. The molecule has 0 N–H and O–H groups in total. The summed E-state index contributed by atoms with van der Waals surface area (Å²) < 4.78 is 0. The zero-order chi connectivity index (χ0) is 8.39. The molecule has 0 aromatic carbocycles. The third-order valence-corrected chi connectivity index (χ3v) is 2.68. The Bertz CT molecular complexity index is 175. The van der Waals surface area contributed by atoms with Crippen LogP contribution in [0.2, 0.25) is 0 Å². The van der Waals surface area contributed by atoms with Crippen LogP contribution in [0.15, 0.2) is 0 Å². The van der Waals surface area contributed by atoms with Gasteiger partial charge in [0, 0.05) is 19.5 Å². The first-order chi connectivity index (χ1) is 5.88. The molecule has 0 aromatic heterocycles. The number of hydrogen-bond donors (Lipinski definition) is 0. The number of piperidine rings is 1. The Hall–Kier alpha value is -0.570. The average molecular weight is 167 g/mol. The highest BCUT2D eigenvalue weighted by Crippen LogP contribution is 2.18. The van der Waals surface area contributed by atoms with E-state index in [0.29, 0.717) is 5.91 Å². The Morgan fingerprint density at radius 2 is 2.25 bits per heavy atom. The molecule has 2 aliphatic heterocycles. The summed E-state index contributed by atoms with van der Waals surface area (Å²) in [6, 6.07) is 0. The largest absolute Gasteiger partial charge is 0.326 e. The summed E-state index contributed by atoms with van der Waals surface area (Å²) in [4.78, 5) is 13.3. The van der Waals surface area contributed by atoms with Crippen LogP contribution in [0.3, 0.4) is 0 Å². The maximum absolute atomic E-state index is 11.3. The summed E-state index contributed by atoms with van der Waals surface area (Å²) in [5, 5.41) is 4.47. The maximum atomic E-state index is 11.3. The molecule has 12 heavy (non-hydrogen) atoms. The quantitative estimate of drug-likeness (QED) is 0.566. The Balaban J connectivity index is 1.93. The van der Waals surface area contributed by atoms with Crippen LogP contribution in [-0.4, -0.2) is 30.1 Å². The lowest BCUT2D eigenvalue weighted by Crippen LogP contribution is -2.44. The van der Waals surface area contributed by atoms with Gasteiger partial charge in [0.15, 0.2) is 0 Å². The van der Waals surface area contributed by atoms with E-state index < -0.39 is 0 Å². The van der Waals surface area contributed by atoms with Crippen molar-refractivity contribution in [3.8, 4) is 0 Å². The van der Waals surface area contributed by atoms with Crippen LogP contribution in [0.25, 0.3) is 0 Å². The van der Waals surface area contributed by atoms with E-state index in [4.69, 9.17) is 0 Å². The first-order valence-electron chi connectivity index (χ1n) is 4.84. The minimum atomic E-state index is 0.230. The summed E-state index contributed by atoms with van der Waals surface area (Å²) in [5.74, 6) is 0.311. The zero-order valence-electron chi connectivity index (χ0n) is 7.33. The van der Waals surface area contributed by atoms with Crippen molar-refractivity contribution in [2.75, 3.05) is 13.1 Å².